The van der Waals surface area contributed by atoms with E-state index < -0.39 is 10.0 Å². The van der Waals surface area contributed by atoms with Gasteiger partial charge in [0.2, 0.25) is 10.0 Å². The van der Waals surface area contributed by atoms with Crippen molar-refractivity contribution >= 4 is 21.6 Å². The molecule has 6 nitrogen and oxygen atoms in total. The molecule has 0 atom stereocenters. The fourth-order valence-electron chi connectivity index (χ4n) is 2.04. The highest BCUT2D eigenvalue weighted by atomic mass is 32.2. The van der Waals surface area contributed by atoms with E-state index in [9.17, 15) is 13.2 Å². The summed E-state index contributed by atoms with van der Waals surface area (Å²) in [6.07, 6.45) is 4.28. The Morgan fingerprint density at radius 1 is 1.13 bits per heavy atom. The lowest BCUT2D eigenvalue weighted by Gasteiger charge is -2.07. The van der Waals surface area contributed by atoms with E-state index in [-0.39, 0.29) is 5.91 Å². The van der Waals surface area contributed by atoms with Crippen LogP contribution < -0.4 is 10.0 Å². The molecule has 0 saturated heterocycles. The number of amides is 1. The number of aromatic nitrogens is 1. The molecule has 122 valence electrons. The summed E-state index contributed by atoms with van der Waals surface area (Å²) < 4.78 is 24.7. The van der Waals surface area contributed by atoms with E-state index >= 15 is 0 Å². The Balaban J connectivity index is 1.75. The summed E-state index contributed by atoms with van der Waals surface area (Å²) in [5.74, 6) is -0.182. The maximum atomic E-state index is 11.8. The Hall–Kier alpha value is -2.41. The van der Waals surface area contributed by atoms with Crippen LogP contribution in [0.25, 0.3) is 0 Å². The van der Waals surface area contributed by atoms with Crippen LogP contribution in [0.15, 0.2) is 48.7 Å². The van der Waals surface area contributed by atoms with Crippen LogP contribution in [0.5, 0.6) is 0 Å². The van der Waals surface area contributed by atoms with Crippen LogP contribution in [0, 0.1) is 0 Å². The number of sulfonamides is 1. The van der Waals surface area contributed by atoms with Crippen molar-refractivity contribution in [3.8, 4) is 0 Å². The van der Waals surface area contributed by atoms with E-state index in [2.05, 4.69) is 15.0 Å². The maximum absolute atomic E-state index is 11.8. The Labute approximate surface area is 136 Å². The minimum Gasteiger partial charge on any atom is -0.351 e. The third-order valence-corrected chi connectivity index (χ3v) is 3.69. The van der Waals surface area contributed by atoms with Gasteiger partial charge in [0.15, 0.2) is 0 Å². The van der Waals surface area contributed by atoms with Crippen molar-refractivity contribution in [2.24, 2.45) is 0 Å². The largest absolute Gasteiger partial charge is 0.351 e. The number of nitrogens with one attached hydrogen (secondary N) is 2. The zero-order valence-corrected chi connectivity index (χ0v) is 13.6. The molecular formula is C16H19N3O3S. The molecule has 0 radical (unpaired) electrons. The van der Waals surface area contributed by atoms with Crippen molar-refractivity contribution in [3.63, 3.8) is 0 Å². The third kappa shape index (κ3) is 6.07. The van der Waals surface area contributed by atoms with E-state index in [4.69, 9.17) is 0 Å². The number of benzene rings is 1. The summed E-state index contributed by atoms with van der Waals surface area (Å²) in [5.41, 5.74) is 2.03. The molecule has 0 saturated carbocycles. The van der Waals surface area contributed by atoms with Crippen LogP contribution in [0.4, 0.5) is 5.69 Å². The lowest BCUT2D eigenvalue weighted by Crippen LogP contribution is -2.25. The van der Waals surface area contributed by atoms with Gasteiger partial charge in [-0.3, -0.25) is 14.5 Å². The maximum Gasteiger partial charge on any atom is 0.269 e. The minimum atomic E-state index is -3.25. The first-order chi connectivity index (χ1) is 10.9. The third-order valence-electron chi connectivity index (χ3n) is 3.08. The zero-order chi connectivity index (χ0) is 16.7. The van der Waals surface area contributed by atoms with Crippen LogP contribution in [0.3, 0.4) is 0 Å². The lowest BCUT2D eigenvalue weighted by molar-refractivity contribution is 0.0948. The molecule has 0 bridgehead atoms. The predicted molar refractivity (Wildman–Crippen MR) is 89.8 cm³/mol. The molecule has 2 N–H and O–H groups in total. The highest BCUT2D eigenvalue weighted by molar-refractivity contribution is 7.92. The number of hydrogen-bond donors (Lipinski definition) is 2. The first-order valence-electron chi connectivity index (χ1n) is 7.20. The molecule has 2 rings (SSSR count). The van der Waals surface area contributed by atoms with Gasteiger partial charge in [-0.25, -0.2) is 8.42 Å². The van der Waals surface area contributed by atoms with Gasteiger partial charge in [-0.2, -0.15) is 0 Å². The monoisotopic (exact) mass is 333 g/mol. The average Bonchev–Trinajstić information content (AvgIpc) is 2.52. The van der Waals surface area contributed by atoms with E-state index in [1.54, 1.807) is 36.5 Å². The predicted octanol–water partition coefficient (Wildman–Crippen LogP) is 1.82. The van der Waals surface area contributed by atoms with Crippen LogP contribution >= 0.6 is 0 Å². The summed E-state index contributed by atoms with van der Waals surface area (Å²) in [6.45, 7) is 0.554. The Morgan fingerprint density at radius 2 is 1.87 bits per heavy atom. The first kappa shape index (κ1) is 17.0. The van der Waals surface area contributed by atoms with Crippen LogP contribution in [-0.4, -0.2) is 32.1 Å². The molecule has 0 aliphatic carbocycles. The van der Waals surface area contributed by atoms with Gasteiger partial charge in [-0.15, -0.1) is 0 Å². The van der Waals surface area contributed by atoms with Gasteiger partial charge < -0.3 is 5.32 Å². The van der Waals surface area contributed by atoms with E-state index in [0.29, 0.717) is 17.9 Å². The van der Waals surface area contributed by atoms with Crippen LogP contribution in [0.2, 0.25) is 0 Å². The Morgan fingerprint density at radius 3 is 2.48 bits per heavy atom. The van der Waals surface area contributed by atoms with Crippen molar-refractivity contribution in [1.29, 1.82) is 0 Å². The smallest absolute Gasteiger partial charge is 0.269 e. The number of carbonyl (C=O) groups excluding carboxylic acids is 1. The SMILES string of the molecule is CS(=O)(=O)Nc1ccc(CCCNC(=O)c2ccccn2)cc1. The van der Waals surface area contributed by atoms with Gasteiger partial charge in [0.25, 0.3) is 5.91 Å². The molecule has 1 amide bonds. The second-order valence-corrected chi connectivity index (χ2v) is 6.89. The van der Waals surface area contributed by atoms with Gasteiger partial charge in [0, 0.05) is 18.4 Å². The molecule has 0 unspecified atom stereocenters. The highest BCUT2D eigenvalue weighted by Crippen LogP contribution is 2.12. The molecule has 0 aliphatic heterocycles. The van der Waals surface area contributed by atoms with Gasteiger partial charge in [0.1, 0.15) is 5.69 Å². The average molecular weight is 333 g/mol. The number of anilines is 1. The standard InChI is InChI=1S/C16H19N3O3S/c1-23(21,22)19-14-9-7-13(8-10-14)5-4-12-18-16(20)15-6-2-3-11-17-15/h2-3,6-11,19H,4-5,12H2,1H3,(H,18,20). The highest BCUT2D eigenvalue weighted by Gasteiger charge is 2.05. The molecule has 0 aliphatic rings. The Bertz CT molecular complexity index is 744. The fourth-order valence-corrected chi connectivity index (χ4v) is 2.60. The second kappa shape index (κ2) is 7.73. The topological polar surface area (TPSA) is 88.2 Å². The zero-order valence-electron chi connectivity index (χ0n) is 12.8. The normalized spacial score (nSPS) is 11.0. The number of carbonyl (C=O) groups is 1. The van der Waals surface area contributed by atoms with Crippen LogP contribution in [-0.2, 0) is 16.4 Å². The second-order valence-electron chi connectivity index (χ2n) is 5.15. The number of pyridine rings is 1. The molecular weight excluding hydrogens is 314 g/mol. The van der Waals surface area contributed by atoms with Gasteiger partial charge in [-0.1, -0.05) is 18.2 Å². The molecule has 7 heteroatoms. The van der Waals surface area contributed by atoms with Crippen molar-refractivity contribution in [2.45, 2.75) is 12.8 Å². The molecule has 1 aromatic heterocycles. The van der Waals surface area contributed by atoms with Gasteiger partial charge in [-0.05, 0) is 42.7 Å². The minimum absolute atomic E-state index is 0.182. The summed E-state index contributed by atoms with van der Waals surface area (Å²) in [7, 11) is -3.25. The van der Waals surface area contributed by atoms with Crippen molar-refractivity contribution < 1.29 is 13.2 Å². The summed E-state index contributed by atoms with van der Waals surface area (Å²) in [6, 6.07) is 12.4. The van der Waals surface area contributed by atoms with Gasteiger partial charge >= 0.3 is 0 Å². The summed E-state index contributed by atoms with van der Waals surface area (Å²) >= 11 is 0. The quantitative estimate of drug-likeness (QED) is 0.757. The number of hydrogen-bond acceptors (Lipinski definition) is 4. The molecule has 0 spiro atoms. The number of aryl methyl sites for hydroxylation is 1. The van der Waals surface area contributed by atoms with Crippen molar-refractivity contribution in [1.82, 2.24) is 10.3 Å². The van der Waals surface area contributed by atoms with Crippen molar-refractivity contribution in [3.05, 3.63) is 59.9 Å². The Kier molecular flexibility index (Phi) is 5.70. The molecule has 23 heavy (non-hydrogen) atoms. The molecule has 0 fully saturated rings. The van der Waals surface area contributed by atoms with Gasteiger partial charge in [0.05, 0.1) is 6.26 Å². The number of nitrogens with zero attached hydrogens (tertiary/aromatic N) is 1. The van der Waals surface area contributed by atoms with E-state index in [0.717, 1.165) is 24.7 Å². The summed E-state index contributed by atoms with van der Waals surface area (Å²) in [5, 5.41) is 2.82. The first-order valence-corrected chi connectivity index (χ1v) is 9.09. The van der Waals surface area contributed by atoms with Crippen molar-refractivity contribution in [2.75, 3.05) is 17.5 Å². The summed E-state index contributed by atoms with van der Waals surface area (Å²) in [4.78, 5) is 15.8. The van der Waals surface area contributed by atoms with Crippen LogP contribution in [0.1, 0.15) is 22.5 Å². The molecule has 2 aromatic rings. The van der Waals surface area contributed by atoms with E-state index in [1.807, 2.05) is 12.1 Å². The number of rotatable bonds is 7. The fraction of sp³-hybridized carbons (Fsp3) is 0.250. The lowest BCUT2D eigenvalue weighted by atomic mass is 10.1. The molecule has 1 aromatic carbocycles. The molecule has 1 heterocycles. The van der Waals surface area contributed by atoms with E-state index in [1.165, 1.54) is 0 Å².